The first-order valence-corrected chi connectivity index (χ1v) is 7.62. The van der Waals surface area contributed by atoms with Gasteiger partial charge in [0, 0.05) is 17.9 Å². The lowest BCUT2D eigenvalue weighted by Gasteiger charge is -2.20. The van der Waals surface area contributed by atoms with Crippen LogP contribution in [0.5, 0.6) is 5.75 Å². The molecule has 23 heavy (non-hydrogen) atoms. The summed E-state index contributed by atoms with van der Waals surface area (Å²) in [6.45, 7) is 6.76. The van der Waals surface area contributed by atoms with Gasteiger partial charge in [0.15, 0.2) is 5.75 Å². The Labute approximate surface area is 135 Å². The molecule has 0 aromatic heterocycles. The Morgan fingerprint density at radius 1 is 1.17 bits per heavy atom. The highest BCUT2D eigenvalue weighted by Crippen LogP contribution is 2.26. The Kier molecular flexibility index (Phi) is 5.21. The summed E-state index contributed by atoms with van der Waals surface area (Å²) in [6.07, 6.45) is 1.09. The van der Waals surface area contributed by atoms with Gasteiger partial charge in [-0.1, -0.05) is 18.2 Å². The van der Waals surface area contributed by atoms with Gasteiger partial charge in [-0.2, -0.15) is 0 Å². The fourth-order valence-corrected chi connectivity index (χ4v) is 2.43. The number of allylic oxidation sites excluding steroid dienone is 2. The van der Waals surface area contributed by atoms with Crippen molar-refractivity contribution in [2.24, 2.45) is 0 Å². The smallest absolute Gasteiger partial charge is 0.271 e. The molecule has 0 fully saturated rings. The topological polar surface area (TPSA) is 67.4 Å². The lowest BCUT2D eigenvalue weighted by atomic mass is 9.99. The van der Waals surface area contributed by atoms with Gasteiger partial charge in [-0.3, -0.25) is 9.59 Å². The van der Waals surface area contributed by atoms with Gasteiger partial charge in [-0.05, 0) is 44.4 Å². The van der Waals surface area contributed by atoms with Gasteiger partial charge in [-0.15, -0.1) is 0 Å². The maximum atomic E-state index is 10.8. The van der Waals surface area contributed by atoms with Crippen LogP contribution in [-0.2, 0) is 6.42 Å². The first-order chi connectivity index (χ1) is 11.0. The molecular weight excluding hydrogens is 292 g/mol. The van der Waals surface area contributed by atoms with E-state index in [4.69, 9.17) is 0 Å². The molecule has 5 nitrogen and oxygen atoms in total. The number of anilines is 2. The second-order valence-corrected chi connectivity index (χ2v) is 5.46. The Hall–Kier alpha value is -2.56. The molecule has 5 heteroatoms. The van der Waals surface area contributed by atoms with Gasteiger partial charge < -0.3 is 15.4 Å². The van der Waals surface area contributed by atoms with Crippen molar-refractivity contribution in [3.8, 4) is 5.75 Å². The second-order valence-electron chi connectivity index (χ2n) is 5.46. The minimum atomic E-state index is -0.538. The van der Waals surface area contributed by atoms with Gasteiger partial charge in [0.25, 0.3) is 10.9 Å². The van der Waals surface area contributed by atoms with Crippen molar-refractivity contribution in [2.75, 3.05) is 24.3 Å². The number of para-hydroxylation sites is 1. The van der Waals surface area contributed by atoms with E-state index in [0.29, 0.717) is 12.2 Å². The molecule has 0 spiro atoms. The normalized spacial score (nSPS) is 12.9. The van der Waals surface area contributed by atoms with Crippen LogP contribution in [0, 0.1) is 0 Å². The molecule has 0 aliphatic carbocycles. The van der Waals surface area contributed by atoms with E-state index in [1.165, 1.54) is 29.6 Å². The molecular formula is C18H22N2O3. The minimum absolute atomic E-state index is 0.150. The van der Waals surface area contributed by atoms with Gasteiger partial charge >= 0.3 is 0 Å². The van der Waals surface area contributed by atoms with Crippen LogP contribution in [0.2, 0.25) is 0 Å². The van der Waals surface area contributed by atoms with Crippen molar-refractivity contribution in [1.29, 1.82) is 0 Å². The summed E-state index contributed by atoms with van der Waals surface area (Å²) in [6, 6.07) is 8.47. The van der Waals surface area contributed by atoms with E-state index in [9.17, 15) is 9.59 Å². The highest BCUT2D eigenvalue weighted by molar-refractivity contribution is 5.61. The third-order valence-corrected chi connectivity index (χ3v) is 3.86. The molecule has 1 aliphatic rings. The molecule has 122 valence electrons. The van der Waals surface area contributed by atoms with Gasteiger partial charge in [-0.25, -0.2) is 0 Å². The largest absolute Gasteiger partial charge is 0.491 e. The van der Waals surface area contributed by atoms with Crippen LogP contribution < -0.4 is 26.2 Å². The fraction of sp³-hybridized carbons (Fsp3) is 0.333. The molecule has 0 saturated carbocycles. The Morgan fingerprint density at radius 3 is 2.52 bits per heavy atom. The summed E-state index contributed by atoms with van der Waals surface area (Å²) in [4.78, 5) is 21.5. The summed E-state index contributed by atoms with van der Waals surface area (Å²) < 4.78 is 4.68. The highest BCUT2D eigenvalue weighted by Gasteiger charge is 2.20. The quantitative estimate of drug-likeness (QED) is 0.853. The zero-order chi connectivity index (χ0) is 17.0. The summed E-state index contributed by atoms with van der Waals surface area (Å²) in [5, 5.41) is 6.14. The molecule has 0 atom stereocenters. The number of rotatable bonds is 3. The Balaban J connectivity index is 0.000000168. The number of methoxy groups -OCH3 is 1. The molecule has 0 saturated heterocycles. The van der Waals surface area contributed by atoms with Crippen LogP contribution in [0.25, 0.3) is 0 Å². The van der Waals surface area contributed by atoms with E-state index in [2.05, 4.69) is 53.5 Å². The van der Waals surface area contributed by atoms with Gasteiger partial charge in [0.1, 0.15) is 5.69 Å². The summed E-state index contributed by atoms with van der Waals surface area (Å²) in [7, 11) is 1.37. The molecule has 2 aromatic carbocycles. The molecule has 3 rings (SSSR count). The minimum Gasteiger partial charge on any atom is -0.491 e. The average Bonchev–Trinajstić information content (AvgIpc) is 2.56. The van der Waals surface area contributed by atoms with Crippen LogP contribution in [0.3, 0.4) is 0 Å². The van der Waals surface area contributed by atoms with Crippen LogP contribution in [0.1, 0.15) is 26.3 Å². The van der Waals surface area contributed by atoms with Gasteiger partial charge in [0.05, 0.1) is 7.11 Å². The lowest BCUT2D eigenvalue weighted by Crippen LogP contribution is -2.35. The Morgan fingerprint density at radius 2 is 1.87 bits per heavy atom. The van der Waals surface area contributed by atoms with Crippen molar-refractivity contribution in [2.45, 2.75) is 27.2 Å². The number of benzene rings is 1. The highest BCUT2D eigenvalue weighted by atomic mass is 16.5. The number of hydrogen-bond acceptors (Lipinski definition) is 5. The fourth-order valence-electron chi connectivity index (χ4n) is 2.43. The van der Waals surface area contributed by atoms with E-state index in [1.54, 1.807) is 0 Å². The first kappa shape index (κ1) is 16.8. The van der Waals surface area contributed by atoms with Crippen LogP contribution >= 0.6 is 0 Å². The van der Waals surface area contributed by atoms with Crippen molar-refractivity contribution in [1.82, 2.24) is 0 Å². The third-order valence-electron chi connectivity index (χ3n) is 3.86. The second kappa shape index (κ2) is 7.13. The first-order valence-electron chi connectivity index (χ1n) is 7.62. The van der Waals surface area contributed by atoms with E-state index in [-0.39, 0.29) is 5.75 Å². The molecule has 1 aliphatic heterocycles. The Bertz CT molecular complexity index is 766. The van der Waals surface area contributed by atoms with Crippen molar-refractivity contribution in [3.05, 3.63) is 61.5 Å². The number of hydrogen-bond donors (Lipinski definition) is 2. The standard InChI is InChI=1S/C11H13N.C7H9NO3/c1-8-7-10-5-3-4-6-11(10)12-9(8)2;1-3-8-4-5(9)6(10)7(4)11-2/h3-6,12H,7H2,1-2H3;8H,3H2,1-2H3. The van der Waals surface area contributed by atoms with Crippen LogP contribution in [0.4, 0.5) is 11.4 Å². The maximum absolute atomic E-state index is 10.8. The third kappa shape index (κ3) is 3.44. The number of nitrogens with one attached hydrogen (secondary N) is 2. The van der Waals surface area contributed by atoms with Crippen molar-refractivity contribution in [3.63, 3.8) is 0 Å². The zero-order valence-corrected chi connectivity index (χ0v) is 13.9. The van der Waals surface area contributed by atoms with Crippen molar-refractivity contribution < 1.29 is 4.74 Å². The number of fused-ring (bicyclic) bond motifs is 1. The molecule has 0 unspecified atom stereocenters. The van der Waals surface area contributed by atoms with E-state index in [0.717, 1.165) is 6.42 Å². The molecule has 1 heterocycles. The molecule has 2 aromatic rings. The summed E-state index contributed by atoms with van der Waals surface area (Å²) >= 11 is 0. The maximum Gasteiger partial charge on any atom is 0.271 e. The van der Waals surface area contributed by atoms with E-state index >= 15 is 0 Å². The molecule has 0 bridgehead atoms. The predicted octanol–water partition coefficient (Wildman–Crippen LogP) is 2.67. The van der Waals surface area contributed by atoms with Gasteiger partial charge in [0.2, 0.25) is 0 Å². The van der Waals surface area contributed by atoms with E-state index < -0.39 is 10.9 Å². The average molecular weight is 314 g/mol. The predicted molar refractivity (Wildman–Crippen MR) is 94.2 cm³/mol. The zero-order valence-electron chi connectivity index (χ0n) is 13.9. The van der Waals surface area contributed by atoms with E-state index in [1.807, 2.05) is 6.92 Å². The monoisotopic (exact) mass is 314 g/mol. The molecule has 2 N–H and O–H groups in total. The molecule has 0 amide bonds. The summed E-state index contributed by atoms with van der Waals surface area (Å²) in [5.41, 5.74) is 4.69. The number of ether oxygens (including phenoxy) is 1. The summed E-state index contributed by atoms with van der Waals surface area (Å²) in [5.74, 6) is 0.150. The molecule has 0 radical (unpaired) electrons. The SMILES string of the molecule is CC1=C(C)Nc2ccccc2C1.CCNc1c(OC)c(=O)c1=O. The lowest BCUT2D eigenvalue weighted by molar-refractivity contribution is 0.407. The van der Waals surface area contributed by atoms with Crippen molar-refractivity contribution >= 4 is 11.4 Å². The van der Waals surface area contributed by atoms with Crippen LogP contribution in [-0.4, -0.2) is 13.7 Å². The van der Waals surface area contributed by atoms with Crippen LogP contribution in [0.15, 0.2) is 45.1 Å².